The van der Waals surface area contributed by atoms with E-state index in [-0.39, 0.29) is 12.5 Å². The first-order chi connectivity index (χ1) is 5.72. The molecule has 0 aromatic rings. The largest absolute Gasteiger partial charge is 0.375 e. The number of nitrogens with zero attached hydrogens (tertiary/aromatic N) is 1. The summed E-state index contributed by atoms with van der Waals surface area (Å²) in [4.78, 5) is 12.9. The van der Waals surface area contributed by atoms with E-state index in [1.54, 1.807) is 4.90 Å². The van der Waals surface area contributed by atoms with Gasteiger partial charge in [-0.15, -0.1) is 0 Å². The molecule has 0 spiro atoms. The molecule has 0 aromatic carbocycles. The zero-order valence-electron chi connectivity index (χ0n) is 8.30. The van der Waals surface area contributed by atoms with Crippen molar-refractivity contribution in [2.45, 2.75) is 26.2 Å². The molecule has 0 saturated heterocycles. The van der Waals surface area contributed by atoms with Gasteiger partial charge in [-0.2, -0.15) is 0 Å². The van der Waals surface area contributed by atoms with Gasteiger partial charge >= 0.3 is 0 Å². The molecule has 0 fully saturated rings. The molecule has 0 aliphatic carbocycles. The summed E-state index contributed by atoms with van der Waals surface area (Å²) < 4.78 is 4.74. The highest BCUT2D eigenvalue weighted by molar-refractivity contribution is 5.77. The quantitative estimate of drug-likeness (QED) is 0.566. The topological polar surface area (TPSA) is 29.5 Å². The van der Waals surface area contributed by atoms with Gasteiger partial charge < -0.3 is 9.64 Å². The molecular formula is C9H19NO2. The molecule has 0 radical (unpaired) electrons. The number of hydrogen-bond acceptors (Lipinski definition) is 2. The Morgan fingerprint density at radius 2 is 2.08 bits per heavy atom. The summed E-state index contributed by atoms with van der Waals surface area (Å²) in [6, 6.07) is 0. The number of unbranched alkanes of at least 4 members (excludes halogenated alkanes) is 2. The van der Waals surface area contributed by atoms with Gasteiger partial charge in [0.05, 0.1) is 0 Å². The molecule has 0 N–H and O–H groups in total. The first kappa shape index (κ1) is 11.4. The van der Waals surface area contributed by atoms with Crippen molar-refractivity contribution in [3.63, 3.8) is 0 Å². The van der Waals surface area contributed by atoms with Crippen LogP contribution in [0.5, 0.6) is 0 Å². The van der Waals surface area contributed by atoms with Crippen LogP contribution in [0.4, 0.5) is 0 Å². The lowest BCUT2D eigenvalue weighted by Crippen LogP contribution is -2.30. The highest BCUT2D eigenvalue weighted by Crippen LogP contribution is 1.96. The van der Waals surface area contributed by atoms with Crippen LogP contribution in [0.2, 0.25) is 0 Å². The Morgan fingerprint density at radius 1 is 1.42 bits per heavy atom. The van der Waals surface area contributed by atoms with E-state index in [0.29, 0.717) is 0 Å². The van der Waals surface area contributed by atoms with Gasteiger partial charge in [0.15, 0.2) is 0 Å². The predicted octanol–water partition coefficient (Wildman–Crippen LogP) is 1.28. The Hall–Kier alpha value is -0.570. The third-order valence-corrected chi connectivity index (χ3v) is 1.79. The fraction of sp³-hybridized carbons (Fsp3) is 0.889. The maximum atomic E-state index is 11.1. The molecule has 72 valence electrons. The number of hydrogen-bond donors (Lipinski definition) is 0. The molecule has 0 bridgehead atoms. The number of ether oxygens (including phenoxy) is 1. The Morgan fingerprint density at radius 3 is 2.58 bits per heavy atom. The molecule has 3 nitrogen and oxygen atoms in total. The SMILES string of the molecule is CCCCCN(C)C(=O)COC. The molecule has 0 saturated carbocycles. The average Bonchev–Trinajstić information content (AvgIpc) is 2.05. The second kappa shape index (κ2) is 7.10. The fourth-order valence-electron chi connectivity index (χ4n) is 0.957. The Bertz CT molecular complexity index is 126. The van der Waals surface area contributed by atoms with E-state index in [1.165, 1.54) is 20.0 Å². The van der Waals surface area contributed by atoms with Crippen LogP contribution in [0, 0.1) is 0 Å². The lowest BCUT2D eigenvalue weighted by Gasteiger charge is -2.15. The lowest BCUT2D eigenvalue weighted by atomic mass is 10.2. The van der Waals surface area contributed by atoms with E-state index in [0.717, 1.165) is 13.0 Å². The van der Waals surface area contributed by atoms with Crippen LogP contribution < -0.4 is 0 Å². The summed E-state index contributed by atoms with van der Waals surface area (Å²) >= 11 is 0. The molecule has 0 rings (SSSR count). The zero-order chi connectivity index (χ0) is 9.40. The van der Waals surface area contributed by atoms with Crippen LogP contribution in [-0.2, 0) is 9.53 Å². The van der Waals surface area contributed by atoms with E-state index in [9.17, 15) is 4.79 Å². The van der Waals surface area contributed by atoms with Crippen molar-refractivity contribution in [2.75, 3.05) is 27.3 Å². The van der Waals surface area contributed by atoms with Crippen LogP contribution in [-0.4, -0.2) is 38.1 Å². The van der Waals surface area contributed by atoms with Gasteiger partial charge in [-0.25, -0.2) is 0 Å². The van der Waals surface area contributed by atoms with Gasteiger partial charge in [-0.05, 0) is 6.42 Å². The standard InChI is InChI=1S/C9H19NO2/c1-4-5-6-7-10(2)9(11)8-12-3/h4-8H2,1-3H3. The molecule has 0 aliphatic rings. The molecule has 0 aliphatic heterocycles. The summed E-state index contributed by atoms with van der Waals surface area (Å²) in [5.74, 6) is 0.0635. The van der Waals surface area contributed by atoms with Gasteiger partial charge in [0.25, 0.3) is 0 Å². The average molecular weight is 173 g/mol. The maximum absolute atomic E-state index is 11.1. The molecule has 0 atom stereocenters. The molecule has 12 heavy (non-hydrogen) atoms. The molecule has 0 heterocycles. The summed E-state index contributed by atoms with van der Waals surface area (Å²) in [5, 5.41) is 0. The van der Waals surface area contributed by atoms with Gasteiger partial charge in [0, 0.05) is 20.7 Å². The highest BCUT2D eigenvalue weighted by Gasteiger charge is 2.05. The van der Waals surface area contributed by atoms with Crippen LogP contribution in [0.15, 0.2) is 0 Å². The second-order valence-electron chi connectivity index (χ2n) is 2.96. The number of rotatable bonds is 6. The molecule has 3 heteroatoms. The Labute approximate surface area is 74.7 Å². The van der Waals surface area contributed by atoms with Gasteiger partial charge in [0.2, 0.25) is 5.91 Å². The first-order valence-corrected chi connectivity index (χ1v) is 4.45. The van der Waals surface area contributed by atoms with Crippen LogP contribution in [0.1, 0.15) is 26.2 Å². The number of amides is 1. The molecule has 1 amide bonds. The van der Waals surface area contributed by atoms with Crippen LogP contribution in [0.25, 0.3) is 0 Å². The van der Waals surface area contributed by atoms with Crippen molar-refractivity contribution in [3.05, 3.63) is 0 Å². The Kier molecular flexibility index (Phi) is 6.76. The third-order valence-electron chi connectivity index (χ3n) is 1.79. The highest BCUT2D eigenvalue weighted by atomic mass is 16.5. The van der Waals surface area contributed by atoms with E-state index in [4.69, 9.17) is 4.74 Å². The minimum Gasteiger partial charge on any atom is -0.375 e. The fourth-order valence-corrected chi connectivity index (χ4v) is 0.957. The summed E-state index contributed by atoms with van der Waals surface area (Å²) in [6.45, 7) is 3.19. The summed E-state index contributed by atoms with van der Waals surface area (Å²) in [6.07, 6.45) is 3.46. The van der Waals surface area contributed by atoms with Gasteiger partial charge in [-0.3, -0.25) is 4.79 Å². The van der Waals surface area contributed by atoms with E-state index >= 15 is 0 Å². The summed E-state index contributed by atoms with van der Waals surface area (Å²) in [5.41, 5.74) is 0. The normalized spacial score (nSPS) is 9.92. The molecule has 0 aromatic heterocycles. The summed E-state index contributed by atoms with van der Waals surface area (Å²) in [7, 11) is 3.36. The number of likely N-dealkylation sites (N-methyl/N-ethyl adjacent to an activating group) is 1. The van der Waals surface area contributed by atoms with Crippen molar-refractivity contribution in [2.24, 2.45) is 0 Å². The first-order valence-electron chi connectivity index (χ1n) is 4.45. The van der Waals surface area contributed by atoms with Crippen LogP contribution in [0.3, 0.4) is 0 Å². The van der Waals surface area contributed by atoms with Crippen molar-refractivity contribution in [1.29, 1.82) is 0 Å². The minimum absolute atomic E-state index is 0.0635. The minimum atomic E-state index is 0.0635. The molecular weight excluding hydrogens is 154 g/mol. The van der Waals surface area contributed by atoms with Crippen molar-refractivity contribution in [3.8, 4) is 0 Å². The number of carbonyl (C=O) groups excluding carboxylic acids is 1. The second-order valence-corrected chi connectivity index (χ2v) is 2.96. The number of carbonyl (C=O) groups is 1. The predicted molar refractivity (Wildman–Crippen MR) is 49.0 cm³/mol. The smallest absolute Gasteiger partial charge is 0.248 e. The van der Waals surface area contributed by atoms with Gasteiger partial charge in [0.1, 0.15) is 6.61 Å². The van der Waals surface area contributed by atoms with E-state index < -0.39 is 0 Å². The van der Waals surface area contributed by atoms with Crippen molar-refractivity contribution < 1.29 is 9.53 Å². The zero-order valence-corrected chi connectivity index (χ0v) is 8.30. The molecule has 0 unspecified atom stereocenters. The van der Waals surface area contributed by atoms with Gasteiger partial charge in [-0.1, -0.05) is 19.8 Å². The maximum Gasteiger partial charge on any atom is 0.248 e. The van der Waals surface area contributed by atoms with E-state index in [2.05, 4.69) is 6.92 Å². The van der Waals surface area contributed by atoms with E-state index in [1.807, 2.05) is 7.05 Å². The van der Waals surface area contributed by atoms with Crippen molar-refractivity contribution >= 4 is 5.91 Å². The number of methoxy groups -OCH3 is 1. The van der Waals surface area contributed by atoms with Crippen LogP contribution >= 0.6 is 0 Å². The monoisotopic (exact) mass is 173 g/mol. The van der Waals surface area contributed by atoms with Crippen molar-refractivity contribution in [1.82, 2.24) is 4.90 Å². The third kappa shape index (κ3) is 5.13. The lowest BCUT2D eigenvalue weighted by molar-refractivity contribution is -0.133. The Balaban J connectivity index is 3.42.